The van der Waals surface area contributed by atoms with Gasteiger partial charge in [0.05, 0.1) is 23.0 Å². The van der Waals surface area contributed by atoms with E-state index in [-0.39, 0.29) is 17.9 Å². The van der Waals surface area contributed by atoms with Gasteiger partial charge in [-0.1, -0.05) is 27.5 Å². The summed E-state index contributed by atoms with van der Waals surface area (Å²) >= 11 is 9.58. The van der Waals surface area contributed by atoms with Gasteiger partial charge in [-0.3, -0.25) is 4.68 Å². The molecule has 0 spiro atoms. The highest BCUT2D eigenvalue weighted by Crippen LogP contribution is 2.31. The molecule has 0 saturated heterocycles. The smallest absolute Gasteiger partial charge is 0.124 e. The lowest BCUT2D eigenvalue weighted by molar-refractivity contribution is 0.483. The number of rotatable bonds is 4. The van der Waals surface area contributed by atoms with Gasteiger partial charge in [-0.25, -0.2) is 4.39 Å². The third-order valence-corrected chi connectivity index (χ3v) is 3.81. The molecule has 0 saturated carbocycles. The van der Waals surface area contributed by atoms with Crippen molar-refractivity contribution in [3.8, 4) is 0 Å². The van der Waals surface area contributed by atoms with Crippen molar-refractivity contribution in [2.45, 2.75) is 25.9 Å². The molecule has 0 radical (unpaired) electrons. The number of nitrogens with zero attached hydrogens (tertiary/aromatic N) is 2. The van der Waals surface area contributed by atoms with E-state index in [4.69, 9.17) is 11.6 Å². The first kappa shape index (κ1) is 15.5. The van der Waals surface area contributed by atoms with Crippen LogP contribution in [-0.2, 0) is 0 Å². The van der Waals surface area contributed by atoms with Gasteiger partial charge < -0.3 is 5.32 Å². The predicted octanol–water partition coefficient (Wildman–Crippen LogP) is 4.33. The van der Waals surface area contributed by atoms with E-state index in [0.717, 1.165) is 11.3 Å². The average Bonchev–Trinajstić information content (AvgIpc) is 2.72. The molecule has 0 aliphatic rings. The predicted molar refractivity (Wildman–Crippen MR) is 82.6 cm³/mol. The first-order chi connectivity index (χ1) is 9.43. The molecule has 1 N–H and O–H groups in total. The van der Waals surface area contributed by atoms with Crippen LogP contribution in [0.4, 0.5) is 4.39 Å². The highest BCUT2D eigenvalue weighted by molar-refractivity contribution is 9.10. The Morgan fingerprint density at radius 1 is 1.35 bits per heavy atom. The molecular formula is C14H16BrClFN3. The second-order valence-corrected chi connectivity index (χ2v) is 6.16. The second-order valence-electron chi connectivity index (χ2n) is 4.84. The average molecular weight is 361 g/mol. The maximum absolute atomic E-state index is 13.6. The van der Waals surface area contributed by atoms with E-state index in [1.54, 1.807) is 6.20 Å². The van der Waals surface area contributed by atoms with Crippen LogP contribution in [0.1, 0.15) is 37.2 Å². The standard InChI is InChI=1S/C14H16BrClFN3/c1-8(2)20-14(12(16)7-19-20)13(18-3)9-4-10(15)6-11(17)5-9/h4-8,13,18H,1-3H3. The number of halogens is 3. The fraction of sp³-hybridized carbons (Fsp3) is 0.357. The third kappa shape index (κ3) is 3.05. The zero-order valence-electron chi connectivity index (χ0n) is 11.5. The van der Waals surface area contributed by atoms with Crippen LogP contribution in [0, 0.1) is 5.82 Å². The summed E-state index contributed by atoms with van der Waals surface area (Å²) in [6.07, 6.45) is 1.62. The molecule has 0 fully saturated rings. The lowest BCUT2D eigenvalue weighted by atomic mass is 10.0. The number of nitrogens with one attached hydrogen (secondary N) is 1. The van der Waals surface area contributed by atoms with Crippen LogP contribution in [0.3, 0.4) is 0 Å². The van der Waals surface area contributed by atoms with Gasteiger partial charge in [0.1, 0.15) is 5.82 Å². The summed E-state index contributed by atoms with van der Waals surface area (Å²) in [6, 6.07) is 4.75. The summed E-state index contributed by atoms with van der Waals surface area (Å²) in [7, 11) is 1.82. The van der Waals surface area contributed by atoms with E-state index in [9.17, 15) is 4.39 Å². The minimum absolute atomic E-state index is 0.172. The van der Waals surface area contributed by atoms with Gasteiger partial charge in [0.25, 0.3) is 0 Å². The second kappa shape index (κ2) is 6.24. The van der Waals surface area contributed by atoms with Gasteiger partial charge in [0.2, 0.25) is 0 Å². The SMILES string of the molecule is CNC(c1cc(F)cc(Br)c1)c1c(Cl)cnn1C(C)C. The van der Waals surface area contributed by atoms with Crippen molar-refractivity contribution in [3.63, 3.8) is 0 Å². The summed E-state index contributed by atoms with van der Waals surface area (Å²) in [5.41, 5.74) is 1.63. The summed E-state index contributed by atoms with van der Waals surface area (Å²) in [4.78, 5) is 0. The molecule has 1 atom stereocenters. The molecule has 1 aromatic heterocycles. The fourth-order valence-corrected chi connectivity index (χ4v) is 2.96. The minimum Gasteiger partial charge on any atom is -0.308 e. The van der Waals surface area contributed by atoms with E-state index < -0.39 is 0 Å². The van der Waals surface area contributed by atoms with E-state index >= 15 is 0 Å². The lowest BCUT2D eigenvalue weighted by Gasteiger charge is -2.21. The van der Waals surface area contributed by atoms with Crippen LogP contribution >= 0.6 is 27.5 Å². The quantitative estimate of drug-likeness (QED) is 0.879. The van der Waals surface area contributed by atoms with Gasteiger partial charge in [-0.05, 0) is 44.7 Å². The fourth-order valence-electron chi connectivity index (χ4n) is 2.24. The number of hydrogen-bond donors (Lipinski definition) is 1. The Bertz CT molecular complexity index is 592. The Labute approximate surface area is 131 Å². The zero-order valence-corrected chi connectivity index (χ0v) is 13.8. The largest absolute Gasteiger partial charge is 0.308 e. The van der Waals surface area contributed by atoms with E-state index in [0.29, 0.717) is 9.50 Å². The van der Waals surface area contributed by atoms with Crippen LogP contribution in [0.15, 0.2) is 28.9 Å². The third-order valence-electron chi connectivity index (χ3n) is 3.06. The Balaban J connectivity index is 2.55. The zero-order chi connectivity index (χ0) is 14.9. The molecule has 2 rings (SSSR count). The molecule has 0 aliphatic heterocycles. The Hall–Kier alpha value is -0.910. The first-order valence-corrected chi connectivity index (χ1v) is 7.47. The topological polar surface area (TPSA) is 29.9 Å². The molecule has 1 aromatic carbocycles. The Morgan fingerprint density at radius 2 is 2.05 bits per heavy atom. The minimum atomic E-state index is -0.290. The summed E-state index contributed by atoms with van der Waals surface area (Å²) in [6.45, 7) is 4.06. The molecule has 1 unspecified atom stereocenters. The molecule has 0 bridgehead atoms. The van der Waals surface area contributed by atoms with Crippen LogP contribution in [0.25, 0.3) is 0 Å². The molecule has 3 nitrogen and oxygen atoms in total. The molecule has 108 valence electrons. The molecule has 0 amide bonds. The van der Waals surface area contributed by atoms with Gasteiger partial charge in [-0.15, -0.1) is 0 Å². The normalized spacial score (nSPS) is 12.9. The number of aromatic nitrogens is 2. The van der Waals surface area contributed by atoms with Crippen molar-refractivity contribution in [1.82, 2.24) is 15.1 Å². The first-order valence-electron chi connectivity index (χ1n) is 6.30. The lowest BCUT2D eigenvalue weighted by Crippen LogP contribution is -2.23. The van der Waals surface area contributed by atoms with E-state index in [2.05, 4.69) is 26.3 Å². The van der Waals surface area contributed by atoms with Gasteiger partial charge in [-0.2, -0.15) is 5.10 Å². The van der Waals surface area contributed by atoms with Crippen molar-refractivity contribution in [2.75, 3.05) is 7.05 Å². The Kier molecular flexibility index (Phi) is 4.83. The van der Waals surface area contributed by atoms with Crippen molar-refractivity contribution in [3.05, 3.63) is 51.0 Å². The molecule has 1 heterocycles. The number of hydrogen-bond acceptors (Lipinski definition) is 2. The van der Waals surface area contributed by atoms with Crippen LogP contribution < -0.4 is 5.32 Å². The van der Waals surface area contributed by atoms with Crippen LogP contribution in [-0.4, -0.2) is 16.8 Å². The van der Waals surface area contributed by atoms with Crippen molar-refractivity contribution >= 4 is 27.5 Å². The molecule has 20 heavy (non-hydrogen) atoms. The Morgan fingerprint density at radius 3 is 2.60 bits per heavy atom. The molecule has 2 aromatic rings. The van der Waals surface area contributed by atoms with Crippen molar-refractivity contribution in [2.24, 2.45) is 0 Å². The summed E-state index contributed by atoms with van der Waals surface area (Å²) in [5.74, 6) is -0.290. The van der Waals surface area contributed by atoms with Crippen LogP contribution in [0.5, 0.6) is 0 Å². The van der Waals surface area contributed by atoms with Gasteiger partial charge in [0, 0.05) is 10.5 Å². The number of benzene rings is 1. The summed E-state index contributed by atoms with van der Waals surface area (Å²) in [5, 5.41) is 8.04. The summed E-state index contributed by atoms with van der Waals surface area (Å²) < 4.78 is 16.2. The highest BCUT2D eigenvalue weighted by atomic mass is 79.9. The van der Waals surface area contributed by atoms with E-state index in [1.807, 2.05) is 31.6 Å². The van der Waals surface area contributed by atoms with Crippen molar-refractivity contribution < 1.29 is 4.39 Å². The van der Waals surface area contributed by atoms with Gasteiger partial charge >= 0.3 is 0 Å². The van der Waals surface area contributed by atoms with Crippen molar-refractivity contribution in [1.29, 1.82) is 0 Å². The monoisotopic (exact) mass is 359 g/mol. The molecule has 0 aliphatic carbocycles. The maximum Gasteiger partial charge on any atom is 0.124 e. The van der Waals surface area contributed by atoms with E-state index in [1.165, 1.54) is 12.1 Å². The molecular weight excluding hydrogens is 345 g/mol. The highest BCUT2D eigenvalue weighted by Gasteiger charge is 2.22. The van der Waals surface area contributed by atoms with Gasteiger partial charge in [0.15, 0.2) is 0 Å². The molecule has 6 heteroatoms. The van der Waals surface area contributed by atoms with Crippen LogP contribution in [0.2, 0.25) is 5.02 Å². The maximum atomic E-state index is 13.6.